The van der Waals surface area contributed by atoms with Gasteiger partial charge >= 0.3 is 0 Å². The monoisotopic (exact) mass is 228 g/mol. The Labute approximate surface area is 104 Å². The summed E-state index contributed by atoms with van der Waals surface area (Å²) in [6.07, 6.45) is 2.99. The zero-order valence-electron chi connectivity index (χ0n) is 10.6. The highest BCUT2D eigenvalue weighted by Crippen LogP contribution is 2.34. The second-order valence-electron chi connectivity index (χ2n) is 5.28. The van der Waals surface area contributed by atoms with Gasteiger partial charge in [-0.3, -0.25) is 0 Å². The molecule has 2 heteroatoms. The van der Waals surface area contributed by atoms with E-state index in [1.54, 1.807) is 0 Å². The molecule has 1 N–H and O–H groups in total. The first-order chi connectivity index (χ1) is 8.20. The van der Waals surface area contributed by atoms with E-state index in [4.69, 9.17) is 5.26 Å². The summed E-state index contributed by atoms with van der Waals surface area (Å²) in [4.78, 5) is 0. The van der Waals surface area contributed by atoms with E-state index in [2.05, 4.69) is 49.5 Å². The van der Waals surface area contributed by atoms with Gasteiger partial charge in [0, 0.05) is 18.2 Å². The normalized spacial score (nSPS) is 22.9. The van der Waals surface area contributed by atoms with E-state index in [0.29, 0.717) is 24.3 Å². The first-order valence-electron chi connectivity index (χ1n) is 6.43. The highest BCUT2D eigenvalue weighted by Gasteiger charge is 2.28. The molecule has 0 amide bonds. The summed E-state index contributed by atoms with van der Waals surface area (Å²) in [5, 5.41) is 12.2. The molecule has 0 saturated heterocycles. The lowest BCUT2D eigenvalue weighted by Crippen LogP contribution is -2.35. The maximum absolute atomic E-state index is 8.62. The Morgan fingerprint density at radius 2 is 2.06 bits per heavy atom. The number of para-hydroxylation sites is 1. The Morgan fingerprint density at radius 1 is 1.35 bits per heavy atom. The molecule has 0 aliphatic heterocycles. The van der Waals surface area contributed by atoms with E-state index in [-0.39, 0.29) is 0 Å². The SMILES string of the molecule is CC(C)c1ccccc1NC1CC(CC#N)C1. The van der Waals surface area contributed by atoms with Crippen molar-refractivity contribution in [3.8, 4) is 6.07 Å². The van der Waals surface area contributed by atoms with Gasteiger partial charge in [-0.05, 0) is 36.3 Å². The molecule has 0 radical (unpaired) electrons. The Balaban J connectivity index is 1.94. The zero-order chi connectivity index (χ0) is 12.3. The van der Waals surface area contributed by atoms with E-state index < -0.39 is 0 Å². The number of nitriles is 1. The Morgan fingerprint density at radius 3 is 2.71 bits per heavy atom. The van der Waals surface area contributed by atoms with Crippen molar-refractivity contribution < 1.29 is 0 Å². The third-order valence-electron chi connectivity index (χ3n) is 3.56. The molecule has 17 heavy (non-hydrogen) atoms. The van der Waals surface area contributed by atoms with Gasteiger partial charge in [0.1, 0.15) is 0 Å². The van der Waals surface area contributed by atoms with Crippen LogP contribution in [-0.4, -0.2) is 6.04 Å². The lowest BCUT2D eigenvalue weighted by Gasteiger charge is -2.36. The lowest BCUT2D eigenvalue weighted by atomic mass is 9.78. The van der Waals surface area contributed by atoms with Crippen molar-refractivity contribution in [2.75, 3.05) is 5.32 Å². The third-order valence-corrected chi connectivity index (χ3v) is 3.56. The van der Waals surface area contributed by atoms with E-state index in [1.807, 2.05) is 0 Å². The van der Waals surface area contributed by atoms with Crippen molar-refractivity contribution in [2.24, 2.45) is 5.92 Å². The van der Waals surface area contributed by atoms with E-state index >= 15 is 0 Å². The van der Waals surface area contributed by atoms with Crippen molar-refractivity contribution in [1.82, 2.24) is 0 Å². The molecule has 0 atom stereocenters. The molecule has 1 aliphatic carbocycles. The van der Waals surface area contributed by atoms with Crippen LogP contribution in [0.15, 0.2) is 24.3 Å². The van der Waals surface area contributed by atoms with Gasteiger partial charge in [0.2, 0.25) is 0 Å². The van der Waals surface area contributed by atoms with Crippen LogP contribution in [-0.2, 0) is 0 Å². The molecular formula is C15H20N2. The second kappa shape index (κ2) is 5.23. The number of rotatable bonds is 4. The van der Waals surface area contributed by atoms with Gasteiger partial charge < -0.3 is 5.32 Å². The molecule has 0 unspecified atom stereocenters. The summed E-state index contributed by atoms with van der Waals surface area (Å²) in [7, 11) is 0. The molecule has 1 saturated carbocycles. The van der Waals surface area contributed by atoms with Crippen molar-refractivity contribution in [3.05, 3.63) is 29.8 Å². The van der Waals surface area contributed by atoms with Gasteiger partial charge in [-0.1, -0.05) is 32.0 Å². The number of nitrogens with zero attached hydrogens (tertiary/aromatic N) is 1. The summed E-state index contributed by atoms with van der Waals surface area (Å²) in [6, 6.07) is 11.4. The lowest BCUT2D eigenvalue weighted by molar-refractivity contribution is 0.288. The number of nitrogens with one attached hydrogen (secondary N) is 1. The van der Waals surface area contributed by atoms with E-state index in [1.165, 1.54) is 11.3 Å². The van der Waals surface area contributed by atoms with Crippen molar-refractivity contribution in [2.45, 2.75) is 45.1 Å². The minimum absolute atomic E-state index is 0.550. The van der Waals surface area contributed by atoms with Gasteiger partial charge in [-0.2, -0.15) is 5.26 Å². The smallest absolute Gasteiger partial charge is 0.0624 e. The summed E-state index contributed by atoms with van der Waals surface area (Å²) >= 11 is 0. The maximum Gasteiger partial charge on any atom is 0.0624 e. The molecular weight excluding hydrogens is 208 g/mol. The van der Waals surface area contributed by atoms with Crippen LogP contribution in [0.2, 0.25) is 0 Å². The Kier molecular flexibility index (Phi) is 3.68. The van der Waals surface area contributed by atoms with Crippen LogP contribution in [0.4, 0.5) is 5.69 Å². The predicted molar refractivity (Wildman–Crippen MR) is 70.9 cm³/mol. The first-order valence-corrected chi connectivity index (χ1v) is 6.43. The number of hydrogen-bond donors (Lipinski definition) is 1. The number of anilines is 1. The topological polar surface area (TPSA) is 35.8 Å². The summed E-state index contributed by atoms with van der Waals surface area (Å²) in [6.45, 7) is 4.44. The second-order valence-corrected chi connectivity index (χ2v) is 5.28. The summed E-state index contributed by atoms with van der Waals surface area (Å²) < 4.78 is 0. The average Bonchev–Trinajstić information content (AvgIpc) is 2.26. The maximum atomic E-state index is 8.62. The highest BCUT2D eigenvalue weighted by molar-refractivity contribution is 5.53. The van der Waals surface area contributed by atoms with Gasteiger partial charge in [0.25, 0.3) is 0 Å². The molecule has 0 heterocycles. The first kappa shape index (κ1) is 12.0. The molecule has 1 aromatic rings. The van der Waals surface area contributed by atoms with Crippen LogP contribution in [0.5, 0.6) is 0 Å². The molecule has 2 nitrogen and oxygen atoms in total. The van der Waals surface area contributed by atoms with Crippen LogP contribution in [0, 0.1) is 17.2 Å². The summed E-state index contributed by atoms with van der Waals surface area (Å²) in [5.74, 6) is 1.16. The van der Waals surface area contributed by atoms with Crippen LogP contribution in [0.1, 0.15) is 44.6 Å². The quantitative estimate of drug-likeness (QED) is 0.848. The molecule has 0 aromatic heterocycles. The molecule has 1 aromatic carbocycles. The zero-order valence-corrected chi connectivity index (χ0v) is 10.6. The summed E-state index contributed by atoms with van der Waals surface area (Å²) in [5.41, 5.74) is 2.65. The molecule has 2 rings (SSSR count). The van der Waals surface area contributed by atoms with Crippen molar-refractivity contribution in [1.29, 1.82) is 5.26 Å². The van der Waals surface area contributed by atoms with Crippen LogP contribution in [0.25, 0.3) is 0 Å². The molecule has 1 fully saturated rings. The van der Waals surface area contributed by atoms with Crippen molar-refractivity contribution >= 4 is 5.69 Å². The van der Waals surface area contributed by atoms with Crippen LogP contribution in [0.3, 0.4) is 0 Å². The van der Waals surface area contributed by atoms with E-state index in [9.17, 15) is 0 Å². The van der Waals surface area contributed by atoms with Crippen LogP contribution >= 0.6 is 0 Å². The van der Waals surface area contributed by atoms with Crippen LogP contribution < -0.4 is 5.32 Å². The number of benzene rings is 1. The predicted octanol–water partition coefficient (Wildman–Crippen LogP) is 3.91. The fourth-order valence-electron chi connectivity index (χ4n) is 2.50. The Bertz CT molecular complexity index is 411. The van der Waals surface area contributed by atoms with Gasteiger partial charge in [-0.25, -0.2) is 0 Å². The van der Waals surface area contributed by atoms with Gasteiger partial charge in [0.05, 0.1) is 6.07 Å². The minimum Gasteiger partial charge on any atom is -0.382 e. The Hall–Kier alpha value is -1.49. The van der Waals surface area contributed by atoms with E-state index in [0.717, 1.165) is 12.8 Å². The number of hydrogen-bond acceptors (Lipinski definition) is 2. The van der Waals surface area contributed by atoms with Gasteiger partial charge in [0.15, 0.2) is 0 Å². The molecule has 1 aliphatic rings. The molecule has 0 bridgehead atoms. The average molecular weight is 228 g/mol. The van der Waals surface area contributed by atoms with Crippen molar-refractivity contribution in [3.63, 3.8) is 0 Å². The third kappa shape index (κ3) is 2.79. The molecule has 90 valence electrons. The fourth-order valence-corrected chi connectivity index (χ4v) is 2.50. The fraction of sp³-hybridized carbons (Fsp3) is 0.533. The largest absolute Gasteiger partial charge is 0.382 e. The van der Waals surface area contributed by atoms with Gasteiger partial charge in [-0.15, -0.1) is 0 Å². The molecule has 0 spiro atoms. The minimum atomic E-state index is 0.550. The standard InChI is InChI=1S/C15H20N2/c1-11(2)14-5-3-4-6-15(14)17-13-9-12(10-13)7-8-16/h3-6,11-13,17H,7,9-10H2,1-2H3. The highest BCUT2D eigenvalue weighted by atomic mass is 14.9.